The van der Waals surface area contributed by atoms with E-state index in [-0.39, 0.29) is 5.41 Å². The Bertz CT molecular complexity index is 768. The summed E-state index contributed by atoms with van der Waals surface area (Å²) in [5.74, 6) is 2.14. The molecule has 2 aromatic carbocycles. The van der Waals surface area contributed by atoms with Crippen LogP contribution in [0, 0.1) is 0 Å². The standard InChI is InChI=1S/C24H33N3O2/c1-19(20-7-5-4-6-8-20)17-26-23(25-2)27-18-24(13-15-29-16-14-24)21-9-11-22(28-3)12-10-21/h4-12,19H,13-18H2,1-3H3,(H2,25,26,27). The topological polar surface area (TPSA) is 54.9 Å². The molecule has 0 bridgehead atoms. The summed E-state index contributed by atoms with van der Waals surface area (Å²) in [7, 11) is 3.53. The maximum atomic E-state index is 5.65. The molecular weight excluding hydrogens is 362 g/mol. The van der Waals surface area contributed by atoms with Crippen molar-refractivity contribution in [2.24, 2.45) is 4.99 Å². The molecule has 156 valence electrons. The maximum absolute atomic E-state index is 5.65. The van der Waals surface area contributed by atoms with Crippen LogP contribution in [0.25, 0.3) is 0 Å². The van der Waals surface area contributed by atoms with Crippen molar-refractivity contribution >= 4 is 5.96 Å². The fraction of sp³-hybridized carbons (Fsp3) is 0.458. The van der Waals surface area contributed by atoms with Gasteiger partial charge in [0, 0.05) is 38.8 Å². The molecule has 1 saturated heterocycles. The Labute approximate surface area is 174 Å². The van der Waals surface area contributed by atoms with E-state index >= 15 is 0 Å². The number of hydrogen-bond acceptors (Lipinski definition) is 3. The normalized spacial score (nSPS) is 17.4. The highest BCUT2D eigenvalue weighted by atomic mass is 16.5. The number of nitrogens with one attached hydrogen (secondary N) is 2. The monoisotopic (exact) mass is 395 g/mol. The van der Waals surface area contributed by atoms with Gasteiger partial charge in [0.1, 0.15) is 5.75 Å². The molecule has 0 spiro atoms. The molecular formula is C24H33N3O2. The highest BCUT2D eigenvalue weighted by Gasteiger charge is 2.34. The number of rotatable bonds is 7. The average molecular weight is 396 g/mol. The molecule has 0 aliphatic carbocycles. The summed E-state index contributed by atoms with van der Waals surface area (Å²) in [6, 6.07) is 19.0. The summed E-state index contributed by atoms with van der Waals surface area (Å²) in [6.45, 7) is 5.45. The van der Waals surface area contributed by atoms with Crippen LogP contribution in [0.5, 0.6) is 5.75 Å². The Kier molecular flexibility index (Phi) is 7.53. The molecule has 5 heteroatoms. The molecule has 3 rings (SSSR count). The second-order valence-electron chi connectivity index (χ2n) is 7.74. The summed E-state index contributed by atoms with van der Waals surface area (Å²) in [5.41, 5.74) is 2.68. The zero-order valence-corrected chi connectivity index (χ0v) is 17.8. The minimum Gasteiger partial charge on any atom is -0.497 e. The van der Waals surface area contributed by atoms with Gasteiger partial charge in [-0.15, -0.1) is 0 Å². The molecule has 2 N–H and O–H groups in total. The zero-order chi connectivity index (χ0) is 20.5. The first kappa shape index (κ1) is 21.2. The molecule has 1 unspecified atom stereocenters. The van der Waals surface area contributed by atoms with Gasteiger partial charge in [-0.3, -0.25) is 4.99 Å². The lowest BCUT2D eigenvalue weighted by Crippen LogP contribution is -2.48. The molecule has 1 aliphatic rings. The fourth-order valence-electron chi connectivity index (χ4n) is 3.90. The molecule has 1 aliphatic heterocycles. The van der Waals surface area contributed by atoms with Crippen molar-refractivity contribution in [3.8, 4) is 5.75 Å². The highest BCUT2D eigenvalue weighted by Crippen LogP contribution is 2.35. The van der Waals surface area contributed by atoms with Gasteiger partial charge >= 0.3 is 0 Å². The van der Waals surface area contributed by atoms with Gasteiger partial charge in [0.25, 0.3) is 0 Å². The van der Waals surface area contributed by atoms with Crippen LogP contribution in [-0.4, -0.2) is 46.4 Å². The van der Waals surface area contributed by atoms with Crippen molar-refractivity contribution < 1.29 is 9.47 Å². The largest absolute Gasteiger partial charge is 0.497 e. The van der Waals surface area contributed by atoms with Crippen LogP contribution in [0.3, 0.4) is 0 Å². The molecule has 0 radical (unpaired) electrons. The SMILES string of the molecule is CN=C(NCC(C)c1ccccc1)NCC1(c2ccc(OC)cc2)CCOCC1. The second kappa shape index (κ2) is 10.3. The Balaban J connectivity index is 1.63. The van der Waals surface area contributed by atoms with Gasteiger partial charge < -0.3 is 20.1 Å². The number of ether oxygens (including phenoxy) is 2. The van der Waals surface area contributed by atoms with E-state index in [1.807, 2.05) is 19.2 Å². The molecule has 0 saturated carbocycles. The van der Waals surface area contributed by atoms with E-state index in [1.165, 1.54) is 11.1 Å². The van der Waals surface area contributed by atoms with Crippen molar-refractivity contribution in [1.29, 1.82) is 0 Å². The number of aliphatic imine (C=N–C) groups is 1. The van der Waals surface area contributed by atoms with E-state index in [4.69, 9.17) is 9.47 Å². The first-order valence-electron chi connectivity index (χ1n) is 10.4. The van der Waals surface area contributed by atoms with Crippen molar-refractivity contribution in [2.45, 2.75) is 31.1 Å². The van der Waals surface area contributed by atoms with Crippen molar-refractivity contribution in [1.82, 2.24) is 10.6 Å². The highest BCUT2D eigenvalue weighted by molar-refractivity contribution is 5.79. The van der Waals surface area contributed by atoms with Crippen molar-refractivity contribution in [3.63, 3.8) is 0 Å². The van der Waals surface area contributed by atoms with Gasteiger partial charge in [-0.2, -0.15) is 0 Å². The number of nitrogens with zero attached hydrogens (tertiary/aromatic N) is 1. The molecule has 29 heavy (non-hydrogen) atoms. The molecule has 1 atom stereocenters. The van der Waals surface area contributed by atoms with E-state index in [0.29, 0.717) is 5.92 Å². The van der Waals surface area contributed by atoms with E-state index in [9.17, 15) is 0 Å². The van der Waals surface area contributed by atoms with Crippen LogP contribution >= 0.6 is 0 Å². The molecule has 5 nitrogen and oxygen atoms in total. The number of guanidine groups is 1. The van der Waals surface area contributed by atoms with Gasteiger partial charge in [0.2, 0.25) is 0 Å². The smallest absolute Gasteiger partial charge is 0.191 e. The second-order valence-corrected chi connectivity index (χ2v) is 7.74. The summed E-state index contributed by atoms with van der Waals surface area (Å²) in [6.07, 6.45) is 1.98. The maximum Gasteiger partial charge on any atom is 0.191 e. The van der Waals surface area contributed by atoms with Gasteiger partial charge in [-0.1, -0.05) is 49.4 Å². The summed E-state index contributed by atoms with van der Waals surface area (Å²) >= 11 is 0. The van der Waals surface area contributed by atoms with Crippen molar-refractivity contribution in [2.75, 3.05) is 40.5 Å². The first-order chi connectivity index (χ1) is 14.2. The van der Waals surface area contributed by atoms with Crippen LogP contribution in [0.1, 0.15) is 36.8 Å². The first-order valence-corrected chi connectivity index (χ1v) is 10.4. The van der Waals surface area contributed by atoms with E-state index in [0.717, 1.165) is 50.9 Å². The van der Waals surface area contributed by atoms with Crippen LogP contribution in [0.2, 0.25) is 0 Å². The molecule has 0 aromatic heterocycles. The summed E-state index contributed by atoms with van der Waals surface area (Å²) in [4.78, 5) is 4.43. The third kappa shape index (κ3) is 5.51. The Morgan fingerprint density at radius 1 is 1.07 bits per heavy atom. The molecule has 1 fully saturated rings. The van der Waals surface area contributed by atoms with E-state index < -0.39 is 0 Å². The zero-order valence-electron chi connectivity index (χ0n) is 17.8. The third-order valence-corrected chi connectivity index (χ3v) is 5.91. The number of benzene rings is 2. The van der Waals surface area contributed by atoms with Crippen LogP contribution in [0.4, 0.5) is 0 Å². The molecule has 0 amide bonds. The van der Waals surface area contributed by atoms with Crippen LogP contribution in [0.15, 0.2) is 59.6 Å². The fourth-order valence-corrected chi connectivity index (χ4v) is 3.90. The number of methoxy groups -OCH3 is 1. The average Bonchev–Trinajstić information content (AvgIpc) is 2.80. The lowest BCUT2D eigenvalue weighted by molar-refractivity contribution is 0.0513. The van der Waals surface area contributed by atoms with E-state index in [1.54, 1.807) is 7.11 Å². The van der Waals surface area contributed by atoms with Gasteiger partial charge in [-0.25, -0.2) is 0 Å². The minimum absolute atomic E-state index is 0.0349. The minimum atomic E-state index is 0.0349. The lowest BCUT2D eigenvalue weighted by Gasteiger charge is -2.38. The van der Waals surface area contributed by atoms with Crippen LogP contribution in [-0.2, 0) is 10.2 Å². The Hall–Kier alpha value is -2.53. The predicted octanol–water partition coefficient (Wildman–Crippen LogP) is 3.71. The van der Waals surface area contributed by atoms with Crippen molar-refractivity contribution in [3.05, 3.63) is 65.7 Å². The molecule has 1 heterocycles. The Morgan fingerprint density at radius 2 is 1.76 bits per heavy atom. The predicted molar refractivity (Wildman–Crippen MR) is 119 cm³/mol. The van der Waals surface area contributed by atoms with Gasteiger partial charge in [-0.05, 0) is 42.0 Å². The van der Waals surface area contributed by atoms with Gasteiger partial charge in [0.15, 0.2) is 5.96 Å². The quantitative estimate of drug-likeness (QED) is 0.554. The van der Waals surface area contributed by atoms with Gasteiger partial charge in [0.05, 0.1) is 7.11 Å². The molecule has 2 aromatic rings. The lowest BCUT2D eigenvalue weighted by atomic mass is 9.74. The van der Waals surface area contributed by atoms with E-state index in [2.05, 4.69) is 65.0 Å². The number of hydrogen-bond donors (Lipinski definition) is 2. The Morgan fingerprint density at radius 3 is 2.38 bits per heavy atom. The third-order valence-electron chi connectivity index (χ3n) is 5.91. The summed E-state index contributed by atoms with van der Waals surface area (Å²) in [5, 5.41) is 7.05. The van der Waals surface area contributed by atoms with Crippen LogP contribution < -0.4 is 15.4 Å². The summed E-state index contributed by atoms with van der Waals surface area (Å²) < 4.78 is 11.0.